The zero-order valence-corrected chi connectivity index (χ0v) is 13.0. The number of rotatable bonds is 3. The van der Waals surface area contributed by atoms with Crippen molar-refractivity contribution >= 4 is 0 Å². The van der Waals surface area contributed by atoms with Crippen molar-refractivity contribution in [1.29, 1.82) is 0 Å². The second-order valence-electron chi connectivity index (χ2n) is 6.25. The van der Waals surface area contributed by atoms with E-state index in [2.05, 4.69) is 42.0 Å². The van der Waals surface area contributed by atoms with Crippen LogP contribution in [0.5, 0.6) is 0 Å². The first kappa shape index (κ1) is 14.3. The Kier molecular flexibility index (Phi) is 4.11. The van der Waals surface area contributed by atoms with E-state index < -0.39 is 0 Å². The molecule has 2 aromatic rings. The molecule has 1 aliphatic rings. The normalized spacial score (nSPS) is 16.3. The van der Waals surface area contributed by atoms with Gasteiger partial charge in [0.25, 0.3) is 0 Å². The Hall–Kier alpha value is -1.61. The van der Waals surface area contributed by atoms with Crippen molar-refractivity contribution in [2.24, 2.45) is 0 Å². The predicted octanol–water partition coefficient (Wildman–Crippen LogP) is 4.16. The minimum absolute atomic E-state index is 0.110. The molecule has 1 heterocycles. The van der Waals surface area contributed by atoms with E-state index in [1.54, 1.807) is 0 Å². The van der Waals surface area contributed by atoms with Gasteiger partial charge < -0.3 is 5.11 Å². The summed E-state index contributed by atoms with van der Waals surface area (Å²) in [6.07, 6.45) is 10.7. The maximum atomic E-state index is 9.42. The van der Waals surface area contributed by atoms with Crippen LogP contribution in [0.25, 0.3) is 11.1 Å². The summed E-state index contributed by atoms with van der Waals surface area (Å²) in [5.74, 6) is 0. The fourth-order valence-corrected chi connectivity index (χ4v) is 3.44. The van der Waals surface area contributed by atoms with Crippen LogP contribution in [0.1, 0.15) is 54.8 Å². The number of hydrogen-bond donors (Lipinski definition) is 1. The summed E-state index contributed by atoms with van der Waals surface area (Å²) >= 11 is 0. The van der Waals surface area contributed by atoms with Crippen LogP contribution in [-0.2, 0) is 6.61 Å². The first-order valence-corrected chi connectivity index (χ1v) is 7.94. The van der Waals surface area contributed by atoms with Crippen molar-refractivity contribution in [3.05, 3.63) is 41.2 Å². The minimum Gasteiger partial charge on any atom is -0.392 e. The number of hydrogen-bond acceptors (Lipinski definition) is 2. The second-order valence-corrected chi connectivity index (χ2v) is 6.25. The summed E-state index contributed by atoms with van der Waals surface area (Å²) in [6.45, 7) is 4.24. The smallest absolute Gasteiger partial charge is 0.0686 e. The molecular formula is C18H24N2O. The van der Waals surface area contributed by atoms with Gasteiger partial charge in [-0.25, -0.2) is 0 Å². The van der Waals surface area contributed by atoms with Gasteiger partial charge in [0.05, 0.1) is 18.8 Å². The van der Waals surface area contributed by atoms with Gasteiger partial charge in [-0.1, -0.05) is 31.4 Å². The molecule has 0 aliphatic heterocycles. The van der Waals surface area contributed by atoms with Crippen LogP contribution in [-0.4, -0.2) is 14.9 Å². The minimum atomic E-state index is 0.110. The van der Waals surface area contributed by atoms with Gasteiger partial charge in [-0.2, -0.15) is 5.10 Å². The Balaban J connectivity index is 1.89. The van der Waals surface area contributed by atoms with Crippen LogP contribution in [0.2, 0.25) is 0 Å². The summed E-state index contributed by atoms with van der Waals surface area (Å²) in [4.78, 5) is 0. The van der Waals surface area contributed by atoms with Crippen LogP contribution in [0.4, 0.5) is 0 Å². The van der Waals surface area contributed by atoms with Gasteiger partial charge in [-0.3, -0.25) is 4.68 Å². The van der Waals surface area contributed by atoms with E-state index in [1.165, 1.54) is 43.2 Å². The number of nitrogens with zero attached hydrogens (tertiary/aromatic N) is 2. The van der Waals surface area contributed by atoms with E-state index in [4.69, 9.17) is 0 Å². The Morgan fingerprint density at radius 3 is 2.38 bits per heavy atom. The maximum absolute atomic E-state index is 9.42. The highest BCUT2D eigenvalue weighted by atomic mass is 16.3. The van der Waals surface area contributed by atoms with Gasteiger partial charge in [0.2, 0.25) is 0 Å². The first-order valence-electron chi connectivity index (χ1n) is 7.94. The molecule has 1 N–H and O–H groups in total. The van der Waals surface area contributed by atoms with E-state index in [9.17, 15) is 5.11 Å². The average Bonchev–Trinajstić information content (AvgIpc) is 2.97. The first-order chi connectivity index (χ1) is 10.2. The molecule has 0 atom stereocenters. The van der Waals surface area contributed by atoms with Gasteiger partial charge in [-0.05, 0) is 48.9 Å². The number of aliphatic hydroxyl groups excluding tert-OH is 1. The van der Waals surface area contributed by atoms with Crippen molar-refractivity contribution < 1.29 is 5.11 Å². The molecule has 0 bridgehead atoms. The van der Waals surface area contributed by atoms with Crippen LogP contribution in [0.3, 0.4) is 0 Å². The second kappa shape index (κ2) is 6.02. The van der Waals surface area contributed by atoms with E-state index >= 15 is 0 Å². The molecule has 0 saturated heterocycles. The fraction of sp³-hybridized carbons (Fsp3) is 0.500. The molecule has 1 saturated carbocycles. The van der Waals surface area contributed by atoms with Gasteiger partial charge in [0, 0.05) is 11.8 Å². The molecule has 3 nitrogen and oxygen atoms in total. The predicted molar refractivity (Wildman–Crippen MR) is 85.2 cm³/mol. The Bertz CT molecular complexity index is 601. The van der Waals surface area contributed by atoms with Crippen molar-refractivity contribution in [3.63, 3.8) is 0 Å². The lowest BCUT2D eigenvalue weighted by Gasteiger charge is -2.21. The van der Waals surface area contributed by atoms with Crippen LogP contribution in [0, 0.1) is 13.8 Å². The average molecular weight is 284 g/mol. The van der Waals surface area contributed by atoms with Crippen molar-refractivity contribution in [2.75, 3.05) is 0 Å². The highest BCUT2D eigenvalue weighted by Gasteiger charge is 2.16. The molecular weight excluding hydrogens is 260 g/mol. The molecule has 0 amide bonds. The molecule has 112 valence electrons. The highest BCUT2D eigenvalue weighted by molar-refractivity contribution is 5.65. The summed E-state index contributed by atoms with van der Waals surface area (Å²) in [5, 5.41) is 14.0. The lowest BCUT2D eigenvalue weighted by Crippen LogP contribution is -2.12. The van der Waals surface area contributed by atoms with E-state index in [1.807, 2.05) is 6.20 Å². The lowest BCUT2D eigenvalue weighted by molar-refractivity contribution is 0.280. The zero-order chi connectivity index (χ0) is 14.8. The summed E-state index contributed by atoms with van der Waals surface area (Å²) in [5.41, 5.74) is 5.72. The third kappa shape index (κ3) is 2.88. The topological polar surface area (TPSA) is 38.0 Å². The molecule has 1 fully saturated rings. The Morgan fingerprint density at radius 2 is 1.76 bits per heavy atom. The van der Waals surface area contributed by atoms with E-state index in [0.717, 1.165) is 16.7 Å². The number of aryl methyl sites for hydroxylation is 2. The molecule has 1 aromatic heterocycles. The van der Waals surface area contributed by atoms with Crippen LogP contribution >= 0.6 is 0 Å². The third-order valence-corrected chi connectivity index (χ3v) is 4.74. The van der Waals surface area contributed by atoms with Crippen molar-refractivity contribution in [2.45, 2.75) is 58.6 Å². The monoisotopic (exact) mass is 284 g/mol. The SMILES string of the molecule is Cc1cc(-c2cnn(C3CCCCC3)c2)cc(C)c1CO. The van der Waals surface area contributed by atoms with Crippen molar-refractivity contribution in [1.82, 2.24) is 9.78 Å². The largest absolute Gasteiger partial charge is 0.392 e. The van der Waals surface area contributed by atoms with Crippen LogP contribution in [0.15, 0.2) is 24.5 Å². The van der Waals surface area contributed by atoms with Crippen LogP contribution < -0.4 is 0 Å². The summed E-state index contributed by atoms with van der Waals surface area (Å²) in [7, 11) is 0. The summed E-state index contributed by atoms with van der Waals surface area (Å²) in [6, 6.07) is 4.88. The quantitative estimate of drug-likeness (QED) is 0.918. The van der Waals surface area contributed by atoms with E-state index in [-0.39, 0.29) is 6.61 Å². The lowest BCUT2D eigenvalue weighted by atomic mass is 9.95. The van der Waals surface area contributed by atoms with Crippen molar-refractivity contribution in [3.8, 4) is 11.1 Å². The van der Waals surface area contributed by atoms with Gasteiger partial charge in [0.1, 0.15) is 0 Å². The molecule has 0 radical (unpaired) electrons. The molecule has 0 unspecified atom stereocenters. The molecule has 3 heteroatoms. The highest BCUT2D eigenvalue weighted by Crippen LogP contribution is 2.30. The third-order valence-electron chi connectivity index (χ3n) is 4.74. The summed E-state index contributed by atoms with van der Waals surface area (Å²) < 4.78 is 2.15. The maximum Gasteiger partial charge on any atom is 0.0686 e. The molecule has 0 spiro atoms. The zero-order valence-electron chi connectivity index (χ0n) is 13.0. The fourth-order valence-electron chi connectivity index (χ4n) is 3.44. The number of aliphatic hydroxyl groups is 1. The molecule has 21 heavy (non-hydrogen) atoms. The van der Waals surface area contributed by atoms with E-state index in [0.29, 0.717) is 6.04 Å². The molecule has 1 aliphatic carbocycles. The number of benzene rings is 1. The van der Waals surface area contributed by atoms with Gasteiger partial charge in [-0.15, -0.1) is 0 Å². The Morgan fingerprint density at radius 1 is 1.10 bits per heavy atom. The Labute approximate surface area is 126 Å². The number of aromatic nitrogens is 2. The standard InChI is InChI=1S/C18H24N2O/c1-13-8-15(9-14(2)18(13)12-21)16-10-19-20(11-16)17-6-4-3-5-7-17/h8-11,17,21H,3-7,12H2,1-2H3. The van der Waals surface area contributed by atoms with Gasteiger partial charge >= 0.3 is 0 Å². The van der Waals surface area contributed by atoms with Gasteiger partial charge in [0.15, 0.2) is 0 Å². The molecule has 1 aromatic carbocycles. The molecule has 3 rings (SSSR count).